The predicted octanol–water partition coefficient (Wildman–Crippen LogP) is 3.03. The van der Waals surface area contributed by atoms with Gasteiger partial charge in [-0.1, -0.05) is 23.7 Å². The van der Waals surface area contributed by atoms with E-state index in [0.29, 0.717) is 15.5 Å². The smallest absolute Gasteiger partial charge is 0.317 e. The second-order valence-corrected chi connectivity index (χ2v) is 8.63. The van der Waals surface area contributed by atoms with Crippen LogP contribution in [0.1, 0.15) is 47.7 Å². The van der Waals surface area contributed by atoms with E-state index in [2.05, 4.69) is 20.9 Å². The third-order valence-corrected chi connectivity index (χ3v) is 6.04. The summed E-state index contributed by atoms with van der Waals surface area (Å²) in [5.41, 5.74) is 0.812. The van der Waals surface area contributed by atoms with Gasteiger partial charge in [0, 0.05) is 31.4 Å². The molecule has 0 saturated heterocycles. The number of nitrogens with zero attached hydrogens (tertiary/aromatic N) is 5. The Kier molecular flexibility index (Phi) is 4.98. The highest BCUT2D eigenvalue weighted by molar-refractivity contribution is 9.10. The minimum absolute atomic E-state index is 0.0149. The fourth-order valence-electron chi connectivity index (χ4n) is 3.84. The molecule has 3 heterocycles. The molecule has 0 bridgehead atoms. The van der Waals surface area contributed by atoms with E-state index in [1.165, 1.54) is 22.7 Å². The Hall–Kier alpha value is -2.65. The number of fused-ring (bicyclic) bond motifs is 1. The van der Waals surface area contributed by atoms with E-state index in [1.807, 2.05) is 30.5 Å². The highest BCUT2D eigenvalue weighted by Gasteiger charge is 2.45. The summed E-state index contributed by atoms with van der Waals surface area (Å²) >= 11 is 9.53. The van der Waals surface area contributed by atoms with Crippen molar-refractivity contribution in [1.29, 1.82) is 0 Å². The molecule has 1 aromatic carbocycles. The van der Waals surface area contributed by atoms with E-state index in [9.17, 15) is 14.4 Å². The quantitative estimate of drug-likeness (QED) is 0.563. The van der Waals surface area contributed by atoms with Crippen molar-refractivity contribution in [3.05, 3.63) is 78.0 Å². The van der Waals surface area contributed by atoms with E-state index >= 15 is 0 Å². The average Bonchev–Trinajstić information content (AvgIpc) is 3.17. The van der Waals surface area contributed by atoms with Crippen LogP contribution >= 0.6 is 27.5 Å². The maximum absolute atomic E-state index is 13.5. The molecule has 30 heavy (non-hydrogen) atoms. The molecule has 0 fully saturated rings. The second kappa shape index (κ2) is 7.24. The standard InChI is InChI=1S/C20H19BrClN5O3/c1-10(2)26-16-14(23-19(26)21)18(29)27(15(16)11-5-7-12(22)8-6-11)13-9-24(3)20(30)25(4)17(13)28/h5-10,15H,1-4H3. The largest absolute Gasteiger partial charge is 0.330 e. The number of aryl methyl sites for hydroxylation is 1. The molecule has 1 amide bonds. The molecule has 156 valence electrons. The van der Waals surface area contributed by atoms with Gasteiger partial charge in [-0.05, 0) is 47.5 Å². The van der Waals surface area contributed by atoms with Crippen molar-refractivity contribution in [3.8, 4) is 0 Å². The number of carbonyl (C=O) groups excluding carboxylic acids is 1. The number of carbonyl (C=O) groups is 1. The molecule has 0 aliphatic carbocycles. The summed E-state index contributed by atoms with van der Waals surface area (Å²) in [4.78, 5) is 44.4. The van der Waals surface area contributed by atoms with Crippen LogP contribution in [-0.2, 0) is 14.1 Å². The monoisotopic (exact) mass is 491 g/mol. The lowest BCUT2D eigenvalue weighted by Gasteiger charge is -2.27. The SMILES string of the molecule is CC(C)n1c(Br)nc2c1C(c1ccc(Cl)cc1)N(c1cn(C)c(=O)n(C)c1=O)C2=O. The van der Waals surface area contributed by atoms with Crippen LogP contribution in [0.5, 0.6) is 0 Å². The van der Waals surface area contributed by atoms with Crippen molar-refractivity contribution < 1.29 is 4.79 Å². The van der Waals surface area contributed by atoms with Crippen LogP contribution in [0.15, 0.2) is 44.8 Å². The lowest BCUT2D eigenvalue weighted by Crippen LogP contribution is -2.42. The van der Waals surface area contributed by atoms with Gasteiger partial charge in [-0.25, -0.2) is 9.78 Å². The summed E-state index contributed by atoms with van der Waals surface area (Å²) < 4.78 is 4.75. The first-order valence-electron chi connectivity index (χ1n) is 9.26. The molecule has 4 rings (SSSR count). The van der Waals surface area contributed by atoms with Crippen molar-refractivity contribution in [2.24, 2.45) is 14.1 Å². The Morgan fingerprint density at radius 1 is 1.10 bits per heavy atom. The van der Waals surface area contributed by atoms with Crippen LogP contribution in [0.3, 0.4) is 0 Å². The topological polar surface area (TPSA) is 82.1 Å². The Morgan fingerprint density at radius 3 is 2.33 bits per heavy atom. The van der Waals surface area contributed by atoms with Gasteiger partial charge in [0.05, 0.1) is 5.69 Å². The number of imidazole rings is 1. The van der Waals surface area contributed by atoms with Gasteiger partial charge >= 0.3 is 5.69 Å². The molecule has 0 spiro atoms. The first kappa shape index (κ1) is 20.6. The minimum Gasteiger partial charge on any atom is -0.317 e. The van der Waals surface area contributed by atoms with Gasteiger partial charge in [0.2, 0.25) is 0 Å². The molecule has 0 saturated carbocycles. The Balaban J connectivity index is 2.04. The van der Waals surface area contributed by atoms with Crippen molar-refractivity contribution in [1.82, 2.24) is 18.7 Å². The van der Waals surface area contributed by atoms with Crippen LogP contribution in [0.4, 0.5) is 5.69 Å². The summed E-state index contributed by atoms with van der Waals surface area (Å²) in [6.07, 6.45) is 1.39. The van der Waals surface area contributed by atoms with Crippen LogP contribution in [0, 0.1) is 0 Å². The third kappa shape index (κ3) is 2.95. The Morgan fingerprint density at radius 2 is 1.73 bits per heavy atom. The third-order valence-electron chi connectivity index (χ3n) is 5.23. The number of hydrogen-bond acceptors (Lipinski definition) is 4. The highest BCUT2D eigenvalue weighted by Crippen LogP contribution is 2.43. The number of aromatic nitrogens is 4. The molecule has 1 aliphatic rings. The van der Waals surface area contributed by atoms with Gasteiger partial charge in [-0.15, -0.1) is 0 Å². The van der Waals surface area contributed by atoms with E-state index < -0.39 is 23.2 Å². The molecular weight excluding hydrogens is 474 g/mol. The summed E-state index contributed by atoms with van der Waals surface area (Å²) in [5.74, 6) is -0.402. The number of rotatable bonds is 3. The molecule has 1 unspecified atom stereocenters. The zero-order chi connectivity index (χ0) is 21.9. The number of halogens is 2. The van der Waals surface area contributed by atoms with E-state index in [1.54, 1.807) is 19.2 Å². The minimum atomic E-state index is -0.601. The van der Waals surface area contributed by atoms with Crippen molar-refractivity contribution >= 4 is 39.1 Å². The molecule has 1 atom stereocenters. The fourth-order valence-corrected chi connectivity index (χ4v) is 4.74. The van der Waals surface area contributed by atoms with Crippen molar-refractivity contribution in [2.75, 3.05) is 4.90 Å². The summed E-state index contributed by atoms with van der Waals surface area (Å²) in [6.45, 7) is 3.98. The molecule has 1 aliphatic heterocycles. The van der Waals surface area contributed by atoms with Gasteiger partial charge in [0.15, 0.2) is 10.4 Å². The molecule has 0 N–H and O–H groups in total. The summed E-state index contributed by atoms with van der Waals surface area (Å²) in [5, 5.41) is 0.561. The Labute approximate surface area is 185 Å². The first-order chi connectivity index (χ1) is 14.1. The van der Waals surface area contributed by atoms with Crippen LogP contribution in [-0.4, -0.2) is 24.6 Å². The zero-order valence-electron chi connectivity index (χ0n) is 16.8. The molecular formula is C20H19BrClN5O3. The van der Waals surface area contributed by atoms with Gasteiger partial charge in [-0.2, -0.15) is 0 Å². The lowest BCUT2D eigenvalue weighted by molar-refractivity contribution is 0.0988. The van der Waals surface area contributed by atoms with Gasteiger partial charge in [0.25, 0.3) is 11.5 Å². The van der Waals surface area contributed by atoms with Gasteiger partial charge < -0.3 is 9.13 Å². The van der Waals surface area contributed by atoms with Crippen LogP contribution in [0.25, 0.3) is 0 Å². The molecule has 8 nitrogen and oxygen atoms in total. The average molecular weight is 493 g/mol. The van der Waals surface area contributed by atoms with Gasteiger partial charge in [0.1, 0.15) is 11.7 Å². The van der Waals surface area contributed by atoms with E-state index in [-0.39, 0.29) is 17.4 Å². The lowest BCUT2D eigenvalue weighted by atomic mass is 10.0. The van der Waals surface area contributed by atoms with Crippen LogP contribution < -0.4 is 16.1 Å². The number of benzene rings is 1. The number of amides is 1. The van der Waals surface area contributed by atoms with E-state index in [0.717, 1.165) is 10.1 Å². The summed E-state index contributed by atoms with van der Waals surface area (Å²) in [6, 6.07) is 6.53. The second-order valence-electron chi connectivity index (χ2n) is 7.48. The normalized spacial score (nSPS) is 15.9. The maximum Gasteiger partial charge on any atom is 0.330 e. The highest BCUT2D eigenvalue weighted by atomic mass is 79.9. The van der Waals surface area contributed by atoms with Gasteiger partial charge in [-0.3, -0.25) is 19.1 Å². The zero-order valence-corrected chi connectivity index (χ0v) is 19.1. The van der Waals surface area contributed by atoms with Crippen molar-refractivity contribution in [2.45, 2.75) is 25.9 Å². The fraction of sp³-hybridized carbons (Fsp3) is 0.300. The van der Waals surface area contributed by atoms with Crippen molar-refractivity contribution in [3.63, 3.8) is 0 Å². The number of anilines is 1. The molecule has 10 heteroatoms. The summed E-state index contributed by atoms with van der Waals surface area (Å²) in [7, 11) is 2.93. The maximum atomic E-state index is 13.5. The molecule has 2 aromatic heterocycles. The molecule has 0 radical (unpaired) electrons. The Bertz CT molecular complexity index is 1290. The predicted molar refractivity (Wildman–Crippen MR) is 117 cm³/mol. The number of hydrogen-bond donors (Lipinski definition) is 0. The van der Waals surface area contributed by atoms with Crippen LogP contribution in [0.2, 0.25) is 5.02 Å². The van der Waals surface area contributed by atoms with E-state index in [4.69, 9.17) is 11.6 Å². The first-order valence-corrected chi connectivity index (χ1v) is 10.4. The molecule has 3 aromatic rings.